The van der Waals surface area contributed by atoms with Gasteiger partial charge in [-0.25, -0.2) is 0 Å². The fourth-order valence-electron chi connectivity index (χ4n) is 4.91. The number of hydrogen-bond acceptors (Lipinski definition) is 6. The minimum absolute atomic E-state index is 0.000918. The average molecular weight is 380 g/mol. The first-order valence-electron chi connectivity index (χ1n) is 9.42. The molecule has 4 N–H and O–H groups in total. The fraction of sp³-hybridized carbons (Fsp3) is 0.364. The standard InChI is InChI=1S/C22H24N2O4/c1-11(25)27-9-19-20(10-28-12(2)26)22-16-6-4-13(23)7-17(16)21(19)15-5-3-14(24)8-18(15)22/h3-8,19-22H,9-10,23-24H2,1-2H3/t19-,20-,21+,22+/m0/s1. The van der Waals surface area contributed by atoms with Crippen LogP contribution >= 0.6 is 0 Å². The number of nitrogen functional groups attached to an aromatic ring is 2. The highest BCUT2D eigenvalue weighted by Crippen LogP contribution is 2.59. The molecule has 0 amide bonds. The number of rotatable bonds is 4. The summed E-state index contributed by atoms with van der Waals surface area (Å²) in [6.07, 6.45) is 0. The predicted octanol–water partition coefficient (Wildman–Crippen LogP) is 2.80. The van der Waals surface area contributed by atoms with E-state index < -0.39 is 0 Å². The van der Waals surface area contributed by atoms with Crippen LogP contribution in [-0.4, -0.2) is 25.2 Å². The second-order valence-corrected chi connectivity index (χ2v) is 7.66. The summed E-state index contributed by atoms with van der Waals surface area (Å²) >= 11 is 0. The topological polar surface area (TPSA) is 105 Å². The maximum absolute atomic E-state index is 11.5. The van der Waals surface area contributed by atoms with E-state index in [0.29, 0.717) is 11.4 Å². The highest BCUT2D eigenvalue weighted by atomic mass is 16.5. The second kappa shape index (κ2) is 6.86. The number of anilines is 2. The van der Waals surface area contributed by atoms with E-state index in [-0.39, 0.29) is 48.8 Å². The highest BCUT2D eigenvalue weighted by Gasteiger charge is 2.50. The predicted molar refractivity (Wildman–Crippen MR) is 106 cm³/mol. The van der Waals surface area contributed by atoms with Gasteiger partial charge in [0.1, 0.15) is 0 Å². The highest BCUT2D eigenvalue weighted by molar-refractivity contribution is 5.67. The third-order valence-corrected chi connectivity index (χ3v) is 5.93. The zero-order chi connectivity index (χ0) is 20.0. The van der Waals surface area contributed by atoms with Gasteiger partial charge in [-0.05, 0) is 46.5 Å². The molecule has 6 heteroatoms. The van der Waals surface area contributed by atoms with Crippen LogP contribution < -0.4 is 11.5 Å². The number of carbonyl (C=O) groups is 2. The van der Waals surface area contributed by atoms with Crippen molar-refractivity contribution in [2.75, 3.05) is 24.7 Å². The molecular weight excluding hydrogens is 356 g/mol. The van der Waals surface area contributed by atoms with Gasteiger partial charge in [-0.2, -0.15) is 0 Å². The van der Waals surface area contributed by atoms with E-state index in [1.54, 1.807) is 0 Å². The molecule has 0 spiro atoms. The normalized spacial score (nSPS) is 24.2. The Morgan fingerprint density at radius 2 is 1.14 bits per heavy atom. The van der Waals surface area contributed by atoms with Crippen molar-refractivity contribution in [2.24, 2.45) is 11.8 Å². The lowest BCUT2D eigenvalue weighted by Crippen LogP contribution is -2.44. The number of ether oxygens (including phenoxy) is 2. The molecule has 0 heterocycles. The Hall–Kier alpha value is -3.02. The Bertz CT molecular complexity index is 878. The quantitative estimate of drug-likeness (QED) is 0.624. The minimum atomic E-state index is -0.321. The van der Waals surface area contributed by atoms with Gasteiger partial charge in [0.05, 0.1) is 13.2 Å². The van der Waals surface area contributed by atoms with E-state index in [2.05, 4.69) is 12.1 Å². The minimum Gasteiger partial charge on any atom is -0.466 e. The molecule has 0 aromatic heterocycles. The zero-order valence-electron chi connectivity index (χ0n) is 16.0. The SMILES string of the molecule is CC(=O)OC[C@@H]1[C@@H]2c3ccc(N)cc3[C@@H](c3ccc(N)cc32)[C@H]1COC(C)=O. The molecule has 0 unspecified atom stereocenters. The molecule has 0 fully saturated rings. The summed E-state index contributed by atoms with van der Waals surface area (Å²) in [5.41, 5.74) is 18.2. The summed E-state index contributed by atoms with van der Waals surface area (Å²) in [6.45, 7) is 3.34. The van der Waals surface area contributed by atoms with Crippen LogP contribution in [0.15, 0.2) is 36.4 Å². The third kappa shape index (κ3) is 2.99. The molecule has 5 rings (SSSR count). The molecule has 2 aromatic rings. The number of carbonyl (C=O) groups excluding carboxylic acids is 2. The Kier molecular flexibility index (Phi) is 4.49. The molecule has 146 valence electrons. The summed E-state index contributed by atoms with van der Waals surface area (Å²) in [4.78, 5) is 23.0. The third-order valence-electron chi connectivity index (χ3n) is 5.93. The largest absolute Gasteiger partial charge is 0.466 e. The van der Waals surface area contributed by atoms with Crippen LogP contribution in [0.5, 0.6) is 0 Å². The first-order chi connectivity index (χ1) is 13.4. The lowest BCUT2D eigenvalue weighted by molar-refractivity contribution is -0.148. The number of fused-ring (bicyclic) bond motifs is 1. The summed E-state index contributed by atoms with van der Waals surface area (Å²) in [7, 11) is 0. The maximum atomic E-state index is 11.5. The summed E-state index contributed by atoms with van der Waals surface area (Å²) < 4.78 is 10.8. The first-order valence-corrected chi connectivity index (χ1v) is 9.42. The molecule has 3 aliphatic carbocycles. The van der Waals surface area contributed by atoms with Gasteiger partial charge < -0.3 is 20.9 Å². The molecule has 28 heavy (non-hydrogen) atoms. The van der Waals surface area contributed by atoms with Crippen LogP contribution in [0.25, 0.3) is 0 Å². The summed E-state index contributed by atoms with van der Waals surface area (Å²) in [6, 6.07) is 11.9. The van der Waals surface area contributed by atoms with Gasteiger partial charge in [0, 0.05) is 48.9 Å². The Morgan fingerprint density at radius 3 is 1.50 bits per heavy atom. The van der Waals surface area contributed by atoms with Crippen LogP contribution in [0.1, 0.15) is 47.9 Å². The molecule has 4 atom stereocenters. The summed E-state index contributed by atoms with van der Waals surface area (Å²) in [5, 5.41) is 0. The van der Waals surface area contributed by atoms with E-state index in [0.717, 1.165) is 11.1 Å². The maximum Gasteiger partial charge on any atom is 0.302 e. The fourth-order valence-corrected chi connectivity index (χ4v) is 4.91. The van der Waals surface area contributed by atoms with Crippen molar-refractivity contribution in [3.63, 3.8) is 0 Å². The second-order valence-electron chi connectivity index (χ2n) is 7.66. The zero-order valence-corrected chi connectivity index (χ0v) is 16.0. The Labute approximate surface area is 163 Å². The number of nitrogens with two attached hydrogens (primary N) is 2. The summed E-state index contributed by atoms with van der Waals surface area (Å²) in [5.74, 6) is -0.675. The van der Waals surface area contributed by atoms with Crippen LogP contribution in [0.2, 0.25) is 0 Å². The van der Waals surface area contributed by atoms with Gasteiger partial charge in [0.2, 0.25) is 0 Å². The van der Waals surface area contributed by atoms with Crippen molar-refractivity contribution in [2.45, 2.75) is 25.7 Å². The van der Waals surface area contributed by atoms with E-state index in [4.69, 9.17) is 20.9 Å². The van der Waals surface area contributed by atoms with Gasteiger partial charge in [-0.3, -0.25) is 9.59 Å². The van der Waals surface area contributed by atoms with Crippen molar-refractivity contribution in [1.29, 1.82) is 0 Å². The van der Waals surface area contributed by atoms with Crippen LogP contribution in [0.3, 0.4) is 0 Å². The van der Waals surface area contributed by atoms with Crippen LogP contribution in [-0.2, 0) is 19.1 Å². The molecule has 6 nitrogen and oxygen atoms in total. The van der Waals surface area contributed by atoms with Gasteiger partial charge in [0.15, 0.2) is 0 Å². The molecule has 2 bridgehead atoms. The van der Waals surface area contributed by atoms with Crippen molar-refractivity contribution in [3.8, 4) is 0 Å². The van der Waals surface area contributed by atoms with E-state index in [9.17, 15) is 9.59 Å². The Balaban J connectivity index is 1.87. The monoisotopic (exact) mass is 380 g/mol. The van der Waals surface area contributed by atoms with Gasteiger partial charge in [-0.15, -0.1) is 0 Å². The smallest absolute Gasteiger partial charge is 0.302 e. The van der Waals surface area contributed by atoms with Crippen molar-refractivity contribution < 1.29 is 19.1 Å². The van der Waals surface area contributed by atoms with Crippen molar-refractivity contribution in [1.82, 2.24) is 0 Å². The van der Waals surface area contributed by atoms with Gasteiger partial charge in [0.25, 0.3) is 0 Å². The number of esters is 2. The number of benzene rings is 2. The molecule has 0 saturated heterocycles. The Morgan fingerprint density at radius 1 is 0.750 bits per heavy atom. The molecule has 0 saturated carbocycles. The molecular formula is C22H24N2O4. The lowest BCUT2D eigenvalue weighted by Gasteiger charge is -2.50. The van der Waals surface area contributed by atoms with E-state index in [1.807, 2.05) is 24.3 Å². The van der Waals surface area contributed by atoms with Crippen LogP contribution in [0.4, 0.5) is 11.4 Å². The van der Waals surface area contributed by atoms with Gasteiger partial charge in [-0.1, -0.05) is 12.1 Å². The first kappa shape index (κ1) is 18.3. The van der Waals surface area contributed by atoms with E-state index >= 15 is 0 Å². The van der Waals surface area contributed by atoms with Crippen molar-refractivity contribution in [3.05, 3.63) is 58.7 Å². The van der Waals surface area contributed by atoms with Gasteiger partial charge >= 0.3 is 11.9 Å². The number of hydrogen-bond donors (Lipinski definition) is 2. The van der Waals surface area contributed by atoms with Crippen LogP contribution in [0, 0.1) is 11.8 Å². The molecule has 0 radical (unpaired) electrons. The average Bonchev–Trinajstić information content (AvgIpc) is 2.64. The molecule has 0 aliphatic heterocycles. The van der Waals surface area contributed by atoms with E-state index in [1.165, 1.54) is 25.0 Å². The molecule has 2 aromatic carbocycles. The van der Waals surface area contributed by atoms with Crippen molar-refractivity contribution >= 4 is 23.3 Å². The molecule has 3 aliphatic rings. The lowest BCUT2D eigenvalue weighted by atomic mass is 9.54.